The second-order valence-corrected chi connectivity index (χ2v) is 8.52. The molecule has 1 aromatic carbocycles. The molecule has 0 aliphatic carbocycles. The Balaban J connectivity index is 2.11. The van der Waals surface area contributed by atoms with E-state index in [4.69, 9.17) is 16.7 Å². The molecule has 1 aliphatic heterocycles. The molecular weight excluding hydrogens is 372 g/mol. The first kappa shape index (κ1) is 21.2. The third-order valence-electron chi connectivity index (χ3n) is 4.45. The number of aliphatic hydroxyl groups is 1. The van der Waals surface area contributed by atoms with Crippen molar-refractivity contribution >= 4 is 35.1 Å². The standard InChI is InChI=1S/C19H25ClN2O5/c1-18(2,3)11-15(23)21-12-4-5-14(20)13(10-12)16(24)22-8-6-19(27,7-9-22)17(25)26/h4-5,10,27H,6-9,11H2,1-3H3,(H,21,23)(H,25,26). The Bertz CT molecular complexity index is 749. The zero-order valence-electron chi connectivity index (χ0n) is 15.7. The lowest BCUT2D eigenvalue weighted by Crippen LogP contribution is -2.50. The lowest BCUT2D eigenvalue weighted by atomic mass is 9.91. The number of hydrogen-bond acceptors (Lipinski definition) is 4. The van der Waals surface area contributed by atoms with Crippen LogP contribution in [0.15, 0.2) is 18.2 Å². The van der Waals surface area contributed by atoms with Crippen molar-refractivity contribution in [2.45, 2.75) is 45.6 Å². The van der Waals surface area contributed by atoms with E-state index in [-0.39, 0.29) is 53.7 Å². The van der Waals surface area contributed by atoms with Crippen molar-refractivity contribution in [3.8, 4) is 0 Å². The molecule has 1 aliphatic rings. The summed E-state index contributed by atoms with van der Waals surface area (Å²) in [5.41, 5.74) is -1.27. The molecule has 3 N–H and O–H groups in total. The number of carbonyl (C=O) groups excluding carboxylic acids is 2. The van der Waals surface area contributed by atoms with Gasteiger partial charge >= 0.3 is 5.97 Å². The molecule has 27 heavy (non-hydrogen) atoms. The van der Waals surface area contributed by atoms with Crippen LogP contribution in [0.5, 0.6) is 0 Å². The summed E-state index contributed by atoms with van der Waals surface area (Å²) in [5, 5.41) is 22.1. The van der Waals surface area contributed by atoms with Crippen molar-refractivity contribution in [3.63, 3.8) is 0 Å². The Kier molecular flexibility index (Phi) is 6.17. The SMILES string of the molecule is CC(C)(C)CC(=O)Nc1ccc(Cl)c(C(=O)N2CCC(O)(C(=O)O)CC2)c1. The van der Waals surface area contributed by atoms with E-state index in [2.05, 4.69) is 5.32 Å². The molecule has 0 saturated carbocycles. The summed E-state index contributed by atoms with van der Waals surface area (Å²) >= 11 is 6.16. The van der Waals surface area contributed by atoms with Crippen LogP contribution in [-0.2, 0) is 9.59 Å². The largest absolute Gasteiger partial charge is 0.479 e. The maximum absolute atomic E-state index is 12.8. The number of aliphatic carboxylic acids is 1. The van der Waals surface area contributed by atoms with Crippen LogP contribution in [0.3, 0.4) is 0 Å². The number of carboxylic acids is 1. The Labute approximate surface area is 163 Å². The number of hydrogen-bond donors (Lipinski definition) is 3. The van der Waals surface area contributed by atoms with Gasteiger partial charge in [0.2, 0.25) is 5.91 Å². The number of halogens is 1. The van der Waals surface area contributed by atoms with E-state index in [1.807, 2.05) is 20.8 Å². The number of anilines is 1. The molecule has 0 unspecified atom stereocenters. The zero-order chi connectivity index (χ0) is 20.4. The molecule has 8 heteroatoms. The quantitative estimate of drug-likeness (QED) is 0.725. The van der Waals surface area contributed by atoms with Crippen molar-refractivity contribution < 1.29 is 24.6 Å². The number of rotatable bonds is 4. The van der Waals surface area contributed by atoms with Crippen LogP contribution in [0.2, 0.25) is 5.02 Å². The first-order valence-corrected chi connectivity index (χ1v) is 9.13. The highest BCUT2D eigenvalue weighted by molar-refractivity contribution is 6.34. The second kappa shape index (κ2) is 7.86. The minimum absolute atomic E-state index is 0.0479. The number of nitrogens with one attached hydrogen (secondary N) is 1. The topological polar surface area (TPSA) is 107 Å². The minimum Gasteiger partial charge on any atom is -0.479 e. The molecular formula is C19H25ClN2O5. The molecule has 0 bridgehead atoms. The Hall–Kier alpha value is -2.12. The lowest BCUT2D eigenvalue weighted by Gasteiger charge is -2.35. The molecule has 1 saturated heterocycles. The van der Waals surface area contributed by atoms with Crippen molar-refractivity contribution in [3.05, 3.63) is 28.8 Å². The van der Waals surface area contributed by atoms with E-state index in [1.54, 1.807) is 12.1 Å². The summed E-state index contributed by atoms with van der Waals surface area (Å²) in [7, 11) is 0. The molecule has 1 heterocycles. The van der Waals surface area contributed by atoms with Gasteiger partial charge in [0.05, 0.1) is 10.6 Å². The van der Waals surface area contributed by atoms with Gasteiger partial charge < -0.3 is 20.4 Å². The van der Waals surface area contributed by atoms with Crippen molar-refractivity contribution in [1.29, 1.82) is 0 Å². The molecule has 0 aromatic heterocycles. The predicted octanol–water partition coefficient (Wildman–Crippen LogP) is 2.77. The van der Waals surface area contributed by atoms with Crippen LogP contribution in [0, 0.1) is 5.41 Å². The summed E-state index contributed by atoms with van der Waals surface area (Å²) in [6, 6.07) is 4.68. The number of carbonyl (C=O) groups is 3. The number of amides is 2. The van der Waals surface area contributed by atoms with Crippen LogP contribution in [0.4, 0.5) is 5.69 Å². The van der Waals surface area contributed by atoms with E-state index >= 15 is 0 Å². The number of likely N-dealkylation sites (tertiary alicyclic amines) is 1. The number of nitrogens with zero attached hydrogens (tertiary/aromatic N) is 1. The third kappa shape index (κ3) is 5.43. The summed E-state index contributed by atoms with van der Waals surface area (Å²) in [6.45, 7) is 6.09. The van der Waals surface area contributed by atoms with Gasteiger partial charge in [-0.05, 0) is 23.6 Å². The molecule has 2 rings (SSSR count). The van der Waals surface area contributed by atoms with Gasteiger partial charge in [-0.3, -0.25) is 9.59 Å². The highest BCUT2D eigenvalue weighted by atomic mass is 35.5. The van der Waals surface area contributed by atoms with E-state index in [9.17, 15) is 19.5 Å². The van der Waals surface area contributed by atoms with Gasteiger partial charge in [0.15, 0.2) is 5.60 Å². The Morgan fingerprint density at radius 2 is 1.81 bits per heavy atom. The molecule has 2 amide bonds. The lowest BCUT2D eigenvalue weighted by molar-refractivity contribution is -0.162. The van der Waals surface area contributed by atoms with Crippen LogP contribution < -0.4 is 5.32 Å². The Morgan fingerprint density at radius 1 is 1.22 bits per heavy atom. The zero-order valence-corrected chi connectivity index (χ0v) is 16.5. The van der Waals surface area contributed by atoms with Gasteiger partial charge in [0.25, 0.3) is 5.91 Å². The maximum atomic E-state index is 12.8. The fourth-order valence-electron chi connectivity index (χ4n) is 2.92. The molecule has 0 radical (unpaired) electrons. The average molecular weight is 397 g/mol. The molecule has 0 atom stereocenters. The highest BCUT2D eigenvalue weighted by Gasteiger charge is 2.40. The van der Waals surface area contributed by atoms with E-state index < -0.39 is 11.6 Å². The normalized spacial score (nSPS) is 16.7. The first-order chi connectivity index (χ1) is 12.4. The third-order valence-corrected chi connectivity index (χ3v) is 4.78. The van der Waals surface area contributed by atoms with Gasteiger partial charge in [0.1, 0.15) is 0 Å². The average Bonchev–Trinajstić information content (AvgIpc) is 2.55. The molecule has 0 spiro atoms. The van der Waals surface area contributed by atoms with E-state index in [0.29, 0.717) is 12.1 Å². The second-order valence-electron chi connectivity index (χ2n) is 8.11. The Morgan fingerprint density at radius 3 is 2.33 bits per heavy atom. The van der Waals surface area contributed by atoms with Crippen LogP contribution in [0.1, 0.15) is 50.4 Å². The van der Waals surface area contributed by atoms with Crippen molar-refractivity contribution in [2.75, 3.05) is 18.4 Å². The molecule has 1 aromatic rings. The smallest absolute Gasteiger partial charge is 0.335 e. The first-order valence-electron chi connectivity index (χ1n) is 8.76. The number of benzene rings is 1. The van der Waals surface area contributed by atoms with Crippen LogP contribution >= 0.6 is 11.6 Å². The molecule has 148 valence electrons. The summed E-state index contributed by atoms with van der Waals surface area (Å²) in [6.07, 6.45) is 0.236. The maximum Gasteiger partial charge on any atom is 0.335 e. The fraction of sp³-hybridized carbons (Fsp3) is 0.526. The number of piperidine rings is 1. The van der Waals surface area contributed by atoms with Gasteiger partial charge in [0, 0.05) is 38.0 Å². The van der Waals surface area contributed by atoms with Crippen molar-refractivity contribution in [1.82, 2.24) is 4.90 Å². The highest BCUT2D eigenvalue weighted by Crippen LogP contribution is 2.27. The summed E-state index contributed by atoms with van der Waals surface area (Å²) < 4.78 is 0. The predicted molar refractivity (Wildman–Crippen MR) is 102 cm³/mol. The summed E-state index contributed by atoms with van der Waals surface area (Å²) in [4.78, 5) is 37.4. The van der Waals surface area contributed by atoms with E-state index in [1.165, 1.54) is 11.0 Å². The monoisotopic (exact) mass is 396 g/mol. The van der Waals surface area contributed by atoms with Crippen molar-refractivity contribution in [2.24, 2.45) is 5.41 Å². The van der Waals surface area contributed by atoms with Crippen LogP contribution in [-0.4, -0.2) is 51.6 Å². The molecule has 7 nitrogen and oxygen atoms in total. The summed E-state index contributed by atoms with van der Waals surface area (Å²) in [5.74, 6) is -1.80. The fourth-order valence-corrected chi connectivity index (χ4v) is 3.12. The van der Waals surface area contributed by atoms with E-state index in [0.717, 1.165) is 0 Å². The van der Waals surface area contributed by atoms with Crippen LogP contribution in [0.25, 0.3) is 0 Å². The minimum atomic E-state index is -1.80. The van der Waals surface area contributed by atoms with Gasteiger partial charge in [-0.1, -0.05) is 32.4 Å². The van der Waals surface area contributed by atoms with Gasteiger partial charge in [-0.15, -0.1) is 0 Å². The number of carboxylic acid groups (broad SMARTS) is 1. The van der Waals surface area contributed by atoms with Gasteiger partial charge in [-0.2, -0.15) is 0 Å². The molecule has 1 fully saturated rings. The van der Waals surface area contributed by atoms with Gasteiger partial charge in [-0.25, -0.2) is 4.79 Å².